The molecule has 92 valence electrons. The summed E-state index contributed by atoms with van der Waals surface area (Å²) in [5, 5.41) is 8.60. The van der Waals surface area contributed by atoms with Crippen LogP contribution in [0.2, 0.25) is 0 Å². The molecule has 1 saturated heterocycles. The number of rotatable bonds is 4. The van der Waals surface area contributed by atoms with Gasteiger partial charge in [-0.2, -0.15) is 0 Å². The number of amides is 2. The summed E-state index contributed by atoms with van der Waals surface area (Å²) in [6.45, 7) is 7.76. The van der Waals surface area contributed by atoms with E-state index in [4.69, 9.17) is 0 Å². The number of hydrogen-bond acceptors (Lipinski definition) is 3. The molecule has 1 aliphatic rings. The zero-order chi connectivity index (χ0) is 12.1. The molecule has 0 radical (unpaired) electrons. The molecule has 3 atom stereocenters. The molecule has 1 fully saturated rings. The second kappa shape index (κ2) is 5.84. The van der Waals surface area contributed by atoms with Crippen LogP contribution in [0.3, 0.4) is 0 Å². The first-order valence-corrected chi connectivity index (χ1v) is 5.85. The van der Waals surface area contributed by atoms with Gasteiger partial charge in [0.2, 0.25) is 11.8 Å². The predicted molar refractivity (Wildman–Crippen MR) is 61.8 cm³/mol. The van der Waals surface area contributed by atoms with E-state index in [2.05, 4.69) is 16.0 Å². The minimum absolute atomic E-state index is 0.0168. The highest BCUT2D eigenvalue weighted by Gasteiger charge is 2.30. The average Bonchev–Trinajstić information content (AvgIpc) is 2.64. The third kappa shape index (κ3) is 3.20. The van der Waals surface area contributed by atoms with Crippen LogP contribution in [0.25, 0.3) is 0 Å². The summed E-state index contributed by atoms with van der Waals surface area (Å²) in [7, 11) is 0. The van der Waals surface area contributed by atoms with Crippen LogP contribution in [-0.2, 0) is 9.59 Å². The fraction of sp³-hybridized carbons (Fsp3) is 0.818. The zero-order valence-electron chi connectivity index (χ0n) is 10.2. The van der Waals surface area contributed by atoms with Crippen LogP contribution >= 0.6 is 0 Å². The molecule has 0 aliphatic carbocycles. The molecule has 2 amide bonds. The van der Waals surface area contributed by atoms with Crippen molar-refractivity contribution in [3.8, 4) is 0 Å². The Hall–Kier alpha value is -1.10. The number of carbonyl (C=O) groups is 2. The Morgan fingerprint density at radius 1 is 1.44 bits per heavy atom. The molecule has 1 heterocycles. The predicted octanol–water partition coefficient (Wildman–Crippen LogP) is -0.517. The maximum absolute atomic E-state index is 11.8. The third-order valence-electron chi connectivity index (χ3n) is 2.96. The summed E-state index contributed by atoms with van der Waals surface area (Å²) in [5.74, 6) is 0.157. The number of nitrogens with one attached hydrogen (secondary N) is 3. The largest absolute Gasteiger partial charge is 0.355 e. The molecule has 1 aliphatic heterocycles. The van der Waals surface area contributed by atoms with Gasteiger partial charge in [0.05, 0.1) is 5.92 Å². The fourth-order valence-electron chi connectivity index (χ4n) is 1.87. The van der Waals surface area contributed by atoms with Crippen molar-refractivity contribution in [3.63, 3.8) is 0 Å². The molecule has 1 unspecified atom stereocenters. The van der Waals surface area contributed by atoms with Crippen molar-refractivity contribution in [2.24, 2.45) is 11.8 Å². The van der Waals surface area contributed by atoms with Gasteiger partial charge in [-0.25, -0.2) is 0 Å². The van der Waals surface area contributed by atoms with Crippen LogP contribution in [0.1, 0.15) is 20.8 Å². The molecule has 0 bridgehead atoms. The Labute approximate surface area is 96.4 Å². The molecule has 1 rings (SSSR count). The second-order valence-corrected chi connectivity index (χ2v) is 4.37. The molecular weight excluding hydrogens is 206 g/mol. The Balaban J connectivity index is 2.41. The van der Waals surface area contributed by atoms with E-state index in [1.165, 1.54) is 0 Å². The molecule has 3 N–H and O–H groups in total. The first kappa shape index (κ1) is 13.0. The maximum atomic E-state index is 11.8. The lowest BCUT2D eigenvalue weighted by Gasteiger charge is -2.18. The van der Waals surface area contributed by atoms with Gasteiger partial charge in [-0.1, -0.05) is 6.92 Å². The van der Waals surface area contributed by atoms with E-state index in [1.54, 1.807) is 6.92 Å². The van der Waals surface area contributed by atoms with Gasteiger partial charge in [0.1, 0.15) is 6.04 Å². The smallest absolute Gasteiger partial charge is 0.242 e. The first-order valence-electron chi connectivity index (χ1n) is 5.85. The Bertz CT molecular complexity index is 268. The zero-order valence-corrected chi connectivity index (χ0v) is 10.2. The Morgan fingerprint density at radius 2 is 2.12 bits per heavy atom. The minimum Gasteiger partial charge on any atom is -0.355 e. The SMILES string of the molecule is CCNC(=O)C(C)NC(=O)[C@@H]1CNC[C@H]1C. The van der Waals surface area contributed by atoms with Crippen LogP contribution in [0, 0.1) is 11.8 Å². The van der Waals surface area contributed by atoms with Gasteiger partial charge >= 0.3 is 0 Å². The van der Waals surface area contributed by atoms with Crippen molar-refractivity contribution in [2.45, 2.75) is 26.8 Å². The molecule has 5 nitrogen and oxygen atoms in total. The van der Waals surface area contributed by atoms with Gasteiger partial charge in [0, 0.05) is 13.1 Å². The topological polar surface area (TPSA) is 70.2 Å². The van der Waals surface area contributed by atoms with Crippen molar-refractivity contribution in [2.75, 3.05) is 19.6 Å². The monoisotopic (exact) mass is 227 g/mol. The highest BCUT2D eigenvalue weighted by Crippen LogP contribution is 2.15. The first-order chi connectivity index (χ1) is 7.56. The van der Waals surface area contributed by atoms with Gasteiger partial charge in [-0.15, -0.1) is 0 Å². The van der Waals surface area contributed by atoms with E-state index in [9.17, 15) is 9.59 Å². The Kier molecular flexibility index (Phi) is 4.73. The van der Waals surface area contributed by atoms with Crippen molar-refractivity contribution in [1.82, 2.24) is 16.0 Å². The van der Waals surface area contributed by atoms with Gasteiger partial charge < -0.3 is 16.0 Å². The van der Waals surface area contributed by atoms with Crippen LogP contribution in [0.4, 0.5) is 0 Å². The van der Waals surface area contributed by atoms with E-state index in [-0.39, 0.29) is 17.7 Å². The lowest BCUT2D eigenvalue weighted by Crippen LogP contribution is -2.47. The van der Waals surface area contributed by atoms with E-state index in [0.717, 1.165) is 6.54 Å². The standard InChI is InChI=1S/C11H21N3O2/c1-4-13-10(15)8(3)14-11(16)9-6-12-5-7(9)2/h7-9,12H,4-6H2,1-3H3,(H,13,15)(H,14,16)/t7-,8?,9-/m1/s1. The number of hydrogen-bond donors (Lipinski definition) is 3. The van der Waals surface area contributed by atoms with E-state index < -0.39 is 6.04 Å². The summed E-state index contributed by atoms with van der Waals surface area (Å²) >= 11 is 0. The Morgan fingerprint density at radius 3 is 2.62 bits per heavy atom. The van der Waals surface area contributed by atoms with Crippen LogP contribution in [-0.4, -0.2) is 37.5 Å². The van der Waals surface area contributed by atoms with Gasteiger partial charge in [-0.3, -0.25) is 9.59 Å². The van der Waals surface area contributed by atoms with Crippen molar-refractivity contribution < 1.29 is 9.59 Å². The van der Waals surface area contributed by atoms with E-state index in [1.807, 2.05) is 13.8 Å². The molecular formula is C11H21N3O2. The van der Waals surface area contributed by atoms with Gasteiger partial charge in [-0.05, 0) is 26.3 Å². The van der Waals surface area contributed by atoms with Gasteiger partial charge in [0.15, 0.2) is 0 Å². The van der Waals surface area contributed by atoms with Gasteiger partial charge in [0.25, 0.3) is 0 Å². The summed E-state index contributed by atoms with van der Waals surface area (Å²) in [5.41, 5.74) is 0. The van der Waals surface area contributed by atoms with E-state index >= 15 is 0 Å². The van der Waals surface area contributed by atoms with Crippen LogP contribution in [0.15, 0.2) is 0 Å². The van der Waals surface area contributed by atoms with Crippen molar-refractivity contribution in [3.05, 3.63) is 0 Å². The van der Waals surface area contributed by atoms with Crippen LogP contribution < -0.4 is 16.0 Å². The van der Waals surface area contributed by atoms with Crippen molar-refractivity contribution >= 4 is 11.8 Å². The second-order valence-electron chi connectivity index (χ2n) is 4.37. The normalized spacial score (nSPS) is 26.2. The van der Waals surface area contributed by atoms with E-state index in [0.29, 0.717) is 19.0 Å². The molecule has 0 spiro atoms. The molecule has 0 aromatic rings. The molecule has 0 aromatic heterocycles. The average molecular weight is 227 g/mol. The number of likely N-dealkylation sites (N-methyl/N-ethyl adjacent to an activating group) is 1. The summed E-state index contributed by atoms with van der Waals surface area (Å²) < 4.78 is 0. The lowest BCUT2D eigenvalue weighted by molar-refractivity contribution is -0.131. The fourth-order valence-corrected chi connectivity index (χ4v) is 1.87. The number of carbonyl (C=O) groups excluding carboxylic acids is 2. The van der Waals surface area contributed by atoms with Crippen LogP contribution in [0.5, 0.6) is 0 Å². The molecule has 5 heteroatoms. The highest BCUT2D eigenvalue weighted by atomic mass is 16.2. The minimum atomic E-state index is -0.458. The highest BCUT2D eigenvalue weighted by molar-refractivity contribution is 5.88. The molecule has 16 heavy (non-hydrogen) atoms. The summed E-state index contributed by atoms with van der Waals surface area (Å²) in [6, 6.07) is -0.458. The quantitative estimate of drug-likeness (QED) is 0.605. The molecule has 0 aromatic carbocycles. The summed E-state index contributed by atoms with van der Waals surface area (Å²) in [6.07, 6.45) is 0. The van der Waals surface area contributed by atoms with Crippen molar-refractivity contribution in [1.29, 1.82) is 0 Å². The maximum Gasteiger partial charge on any atom is 0.242 e. The lowest BCUT2D eigenvalue weighted by atomic mass is 9.97. The third-order valence-corrected chi connectivity index (χ3v) is 2.96. The summed E-state index contributed by atoms with van der Waals surface area (Å²) in [4.78, 5) is 23.3. The molecule has 0 saturated carbocycles.